The average Bonchev–Trinajstić information content (AvgIpc) is 2.22. The summed E-state index contributed by atoms with van der Waals surface area (Å²) < 4.78 is 0. The molecule has 1 rings (SSSR count). The summed E-state index contributed by atoms with van der Waals surface area (Å²) in [6.07, 6.45) is 1.81. The molecule has 0 radical (unpaired) electrons. The maximum atomic E-state index is 6.32. The topological polar surface area (TPSA) is 26.0 Å². The van der Waals surface area contributed by atoms with Crippen molar-refractivity contribution in [2.24, 2.45) is 11.7 Å². The Hall–Kier alpha value is -0.240. The molecule has 0 aliphatic rings. The first kappa shape index (κ1) is 13.8. The highest BCUT2D eigenvalue weighted by atomic mass is 35.5. The summed E-state index contributed by atoms with van der Waals surface area (Å²) in [5.74, 6) is 0.447. The Morgan fingerprint density at radius 1 is 1.38 bits per heavy atom. The van der Waals surface area contributed by atoms with Crippen molar-refractivity contribution in [1.82, 2.24) is 0 Å². The highest BCUT2D eigenvalue weighted by Gasteiger charge is 2.26. The molecule has 0 bridgehead atoms. The Balaban J connectivity index is 2.91. The molecule has 0 saturated carbocycles. The minimum Gasteiger partial charge on any atom is -0.325 e. The molecule has 0 aromatic heterocycles. The lowest BCUT2D eigenvalue weighted by Crippen LogP contribution is -2.44. The predicted molar refractivity (Wildman–Crippen MR) is 72.2 cm³/mol. The molecule has 3 heteroatoms. The number of hydrogen-bond donors (Lipinski definition) is 1. The molecule has 2 unspecified atom stereocenters. The van der Waals surface area contributed by atoms with Crippen LogP contribution in [0.2, 0.25) is 10.0 Å². The van der Waals surface area contributed by atoms with Crippen LogP contribution in [0.25, 0.3) is 0 Å². The van der Waals surface area contributed by atoms with E-state index >= 15 is 0 Å². The van der Waals surface area contributed by atoms with Gasteiger partial charge < -0.3 is 5.73 Å². The number of halogens is 2. The normalized spacial score (nSPS) is 16.9. The molecular formula is C13H19Cl2N. The van der Waals surface area contributed by atoms with Gasteiger partial charge in [-0.1, -0.05) is 43.5 Å². The zero-order valence-electron chi connectivity index (χ0n) is 10.1. The largest absolute Gasteiger partial charge is 0.325 e. The van der Waals surface area contributed by atoms with Crippen molar-refractivity contribution in [1.29, 1.82) is 0 Å². The SMILES string of the molecule is CCC(C)C(C)(N)Cc1cc(Cl)ccc1Cl. The Kier molecular flexibility index (Phi) is 4.66. The fraction of sp³-hybridized carbons (Fsp3) is 0.538. The van der Waals surface area contributed by atoms with Crippen molar-refractivity contribution in [3.8, 4) is 0 Å². The van der Waals surface area contributed by atoms with E-state index < -0.39 is 0 Å². The van der Waals surface area contributed by atoms with Crippen molar-refractivity contribution >= 4 is 23.2 Å². The third-order valence-electron chi connectivity index (χ3n) is 3.32. The Morgan fingerprint density at radius 2 is 2.00 bits per heavy atom. The zero-order valence-corrected chi connectivity index (χ0v) is 11.6. The van der Waals surface area contributed by atoms with Crippen LogP contribution in [0.1, 0.15) is 32.8 Å². The minimum atomic E-state index is -0.247. The summed E-state index contributed by atoms with van der Waals surface area (Å²) in [6.45, 7) is 6.38. The van der Waals surface area contributed by atoms with E-state index in [0.29, 0.717) is 10.9 Å². The molecule has 0 heterocycles. The standard InChI is InChI=1S/C13H19Cl2N/c1-4-9(2)13(3,16)8-10-7-11(14)5-6-12(10)15/h5-7,9H,4,8,16H2,1-3H3. The van der Waals surface area contributed by atoms with Crippen LogP contribution in [0, 0.1) is 5.92 Å². The molecule has 16 heavy (non-hydrogen) atoms. The molecule has 0 aliphatic heterocycles. The number of hydrogen-bond acceptors (Lipinski definition) is 1. The third kappa shape index (κ3) is 3.38. The highest BCUT2D eigenvalue weighted by molar-refractivity contribution is 6.33. The van der Waals surface area contributed by atoms with Gasteiger partial charge in [0, 0.05) is 15.6 Å². The molecule has 2 atom stereocenters. The maximum Gasteiger partial charge on any atom is 0.0439 e. The van der Waals surface area contributed by atoms with E-state index in [2.05, 4.69) is 20.8 Å². The van der Waals surface area contributed by atoms with Gasteiger partial charge in [-0.05, 0) is 43.0 Å². The second-order valence-electron chi connectivity index (χ2n) is 4.73. The van der Waals surface area contributed by atoms with Crippen LogP contribution in [0.3, 0.4) is 0 Å². The molecule has 2 N–H and O–H groups in total. The quantitative estimate of drug-likeness (QED) is 0.858. The Morgan fingerprint density at radius 3 is 2.56 bits per heavy atom. The van der Waals surface area contributed by atoms with Crippen molar-refractivity contribution in [3.63, 3.8) is 0 Å². The van der Waals surface area contributed by atoms with Gasteiger partial charge in [0.1, 0.15) is 0 Å². The summed E-state index contributed by atoms with van der Waals surface area (Å²) >= 11 is 12.1. The molecule has 0 aliphatic carbocycles. The molecule has 0 saturated heterocycles. The second kappa shape index (κ2) is 5.39. The van der Waals surface area contributed by atoms with Crippen molar-refractivity contribution in [3.05, 3.63) is 33.8 Å². The fourth-order valence-corrected chi connectivity index (χ4v) is 2.11. The van der Waals surface area contributed by atoms with Crippen molar-refractivity contribution in [2.45, 2.75) is 39.2 Å². The maximum absolute atomic E-state index is 6.32. The average molecular weight is 260 g/mol. The van der Waals surface area contributed by atoms with E-state index in [0.717, 1.165) is 23.4 Å². The van der Waals surface area contributed by atoms with Crippen LogP contribution in [0.4, 0.5) is 0 Å². The van der Waals surface area contributed by atoms with Crippen molar-refractivity contribution < 1.29 is 0 Å². The monoisotopic (exact) mass is 259 g/mol. The summed E-state index contributed by atoms with van der Waals surface area (Å²) in [5, 5.41) is 1.45. The summed E-state index contributed by atoms with van der Waals surface area (Å²) in [5.41, 5.74) is 7.10. The van der Waals surface area contributed by atoms with E-state index in [4.69, 9.17) is 28.9 Å². The van der Waals surface area contributed by atoms with Gasteiger partial charge in [-0.3, -0.25) is 0 Å². The summed E-state index contributed by atoms with van der Waals surface area (Å²) in [6, 6.07) is 5.52. The van der Waals surface area contributed by atoms with E-state index in [1.807, 2.05) is 12.1 Å². The van der Waals surface area contributed by atoms with Crippen LogP contribution in [0.5, 0.6) is 0 Å². The van der Waals surface area contributed by atoms with E-state index in [1.54, 1.807) is 6.07 Å². The number of benzene rings is 1. The van der Waals surface area contributed by atoms with E-state index in [9.17, 15) is 0 Å². The molecule has 0 amide bonds. The molecule has 1 aromatic carbocycles. The first-order valence-corrected chi connectivity index (χ1v) is 6.35. The summed E-state index contributed by atoms with van der Waals surface area (Å²) in [7, 11) is 0. The molecule has 1 aromatic rings. The van der Waals surface area contributed by atoms with Gasteiger partial charge in [0.25, 0.3) is 0 Å². The lowest BCUT2D eigenvalue weighted by molar-refractivity contribution is 0.306. The third-order valence-corrected chi connectivity index (χ3v) is 3.92. The van der Waals surface area contributed by atoms with E-state index in [-0.39, 0.29) is 5.54 Å². The molecule has 0 fully saturated rings. The van der Waals surface area contributed by atoms with Crippen LogP contribution in [-0.4, -0.2) is 5.54 Å². The Bertz CT molecular complexity index is 361. The van der Waals surface area contributed by atoms with Gasteiger partial charge in [0.2, 0.25) is 0 Å². The van der Waals surface area contributed by atoms with Crippen LogP contribution >= 0.6 is 23.2 Å². The summed E-state index contributed by atoms with van der Waals surface area (Å²) in [4.78, 5) is 0. The van der Waals surface area contributed by atoms with Gasteiger partial charge in [0.05, 0.1) is 0 Å². The van der Waals surface area contributed by atoms with Gasteiger partial charge in [-0.15, -0.1) is 0 Å². The lowest BCUT2D eigenvalue weighted by Gasteiger charge is -2.31. The van der Waals surface area contributed by atoms with Gasteiger partial charge in [0.15, 0.2) is 0 Å². The van der Waals surface area contributed by atoms with Gasteiger partial charge in [-0.2, -0.15) is 0 Å². The second-order valence-corrected chi connectivity index (χ2v) is 5.57. The van der Waals surface area contributed by atoms with Gasteiger partial charge in [-0.25, -0.2) is 0 Å². The number of rotatable bonds is 4. The highest BCUT2D eigenvalue weighted by Crippen LogP contribution is 2.28. The fourth-order valence-electron chi connectivity index (χ4n) is 1.73. The lowest BCUT2D eigenvalue weighted by atomic mass is 9.81. The molecular weight excluding hydrogens is 241 g/mol. The first-order chi connectivity index (χ1) is 7.36. The molecule has 1 nitrogen and oxygen atoms in total. The van der Waals surface area contributed by atoms with Crippen LogP contribution < -0.4 is 5.73 Å². The van der Waals surface area contributed by atoms with Crippen LogP contribution in [0.15, 0.2) is 18.2 Å². The molecule has 90 valence electrons. The van der Waals surface area contributed by atoms with Gasteiger partial charge >= 0.3 is 0 Å². The predicted octanol–water partition coefficient (Wildman–Crippen LogP) is 4.30. The van der Waals surface area contributed by atoms with Crippen LogP contribution in [-0.2, 0) is 6.42 Å². The van der Waals surface area contributed by atoms with E-state index in [1.165, 1.54) is 0 Å². The van der Waals surface area contributed by atoms with Crippen molar-refractivity contribution in [2.75, 3.05) is 0 Å². The number of nitrogens with two attached hydrogens (primary N) is 1. The smallest absolute Gasteiger partial charge is 0.0439 e. The zero-order chi connectivity index (χ0) is 12.3. The minimum absolute atomic E-state index is 0.247. The molecule has 0 spiro atoms. The first-order valence-electron chi connectivity index (χ1n) is 5.59. The Labute approximate surface area is 108 Å².